The number of nitrogens with zero attached hydrogens (tertiary/aromatic N) is 3. The quantitative estimate of drug-likeness (QED) is 0.380. The molecule has 1 aromatic heterocycles. The molecule has 3 N–H and O–H groups in total. The van der Waals surface area contributed by atoms with Gasteiger partial charge in [0.25, 0.3) is 0 Å². The minimum atomic E-state index is -0.113. The summed E-state index contributed by atoms with van der Waals surface area (Å²) in [6.07, 6.45) is 2.85. The molecule has 0 radical (unpaired) electrons. The van der Waals surface area contributed by atoms with Gasteiger partial charge >= 0.3 is 0 Å². The molecule has 0 atom stereocenters. The monoisotopic (exact) mass is 258 g/mol. The van der Waals surface area contributed by atoms with E-state index >= 15 is 0 Å². The Labute approximate surface area is 110 Å². The molecule has 19 heavy (non-hydrogen) atoms. The molecule has 2 aromatic rings. The SMILES string of the molecule is Cc1ccc(Oc2cncc(/C(N)=N/O)n2)cc1C. The zero-order valence-corrected chi connectivity index (χ0v) is 10.7. The van der Waals surface area contributed by atoms with Crippen molar-refractivity contribution in [2.24, 2.45) is 10.9 Å². The van der Waals surface area contributed by atoms with Crippen molar-refractivity contribution in [3.05, 3.63) is 47.4 Å². The average molecular weight is 258 g/mol. The number of nitrogens with two attached hydrogens (primary N) is 1. The molecule has 0 spiro atoms. The summed E-state index contributed by atoms with van der Waals surface area (Å²) in [5.41, 5.74) is 8.00. The Morgan fingerprint density at radius 2 is 2.05 bits per heavy atom. The molecular weight excluding hydrogens is 244 g/mol. The lowest BCUT2D eigenvalue weighted by molar-refractivity contribution is 0.318. The molecule has 0 aliphatic carbocycles. The average Bonchev–Trinajstić information content (AvgIpc) is 2.42. The number of rotatable bonds is 3. The van der Waals surface area contributed by atoms with Crippen LogP contribution in [0.3, 0.4) is 0 Å². The third-order valence-electron chi connectivity index (χ3n) is 2.68. The predicted molar refractivity (Wildman–Crippen MR) is 70.5 cm³/mol. The lowest BCUT2D eigenvalue weighted by Crippen LogP contribution is -2.15. The fraction of sp³-hybridized carbons (Fsp3) is 0.154. The van der Waals surface area contributed by atoms with E-state index in [1.807, 2.05) is 32.0 Å². The fourth-order valence-corrected chi connectivity index (χ4v) is 1.47. The maximum atomic E-state index is 8.59. The molecular formula is C13H14N4O2. The van der Waals surface area contributed by atoms with E-state index in [0.29, 0.717) is 5.75 Å². The topological polar surface area (TPSA) is 93.6 Å². The molecule has 0 bridgehead atoms. The Morgan fingerprint density at radius 1 is 1.26 bits per heavy atom. The van der Waals surface area contributed by atoms with Crippen molar-refractivity contribution in [3.63, 3.8) is 0 Å². The minimum Gasteiger partial charge on any atom is -0.437 e. The van der Waals surface area contributed by atoms with Crippen LogP contribution in [0.1, 0.15) is 16.8 Å². The number of aryl methyl sites for hydroxylation is 2. The molecule has 6 heteroatoms. The van der Waals surface area contributed by atoms with Gasteiger partial charge in [-0.05, 0) is 37.1 Å². The first kappa shape index (κ1) is 12.8. The fourth-order valence-electron chi connectivity index (χ4n) is 1.47. The number of benzene rings is 1. The smallest absolute Gasteiger partial charge is 0.238 e. The largest absolute Gasteiger partial charge is 0.437 e. The normalized spacial score (nSPS) is 11.4. The molecule has 0 unspecified atom stereocenters. The van der Waals surface area contributed by atoms with Gasteiger partial charge < -0.3 is 15.7 Å². The second-order valence-electron chi connectivity index (χ2n) is 4.08. The summed E-state index contributed by atoms with van der Waals surface area (Å²) >= 11 is 0. The van der Waals surface area contributed by atoms with Gasteiger partial charge in [-0.25, -0.2) is 4.98 Å². The number of ether oxygens (including phenoxy) is 1. The summed E-state index contributed by atoms with van der Waals surface area (Å²) in [6.45, 7) is 4.03. The standard InChI is InChI=1S/C13H14N4O2/c1-8-3-4-10(5-9(8)2)19-12-7-15-6-11(16-12)13(14)17-18/h3-7,18H,1-2H3,(H2,14,17). The van der Waals surface area contributed by atoms with Crippen LogP contribution in [0.4, 0.5) is 0 Å². The molecule has 0 fully saturated rings. The molecule has 1 heterocycles. The first-order chi connectivity index (χ1) is 9.10. The van der Waals surface area contributed by atoms with E-state index in [4.69, 9.17) is 15.7 Å². The highest BCUT2D eigenvalue weighted by Gasteiger charge is 2.06. The zero-order valence-electron chi connectivity index (χ0n) is 10.7. The maximum absolute atomic E-state index is 8.59. The van der Waals surface area contributed by atoms with E-state index in [2.05, 4.69) is 15.1 Å². The van der Waals surface area contributed by atoms with Gasteiger partial charge in [-0.1, -0.05) is 11.2 Å². The lowest BCUT2D eigenvalue weighted by Gasteiger charge is -2.07. The second-order valence-corrected chi connectivity index (χ2v) is 4.08. The van der Waals surface area contributed by atoms with Gasteiger partial charge in [0, 0.05) is 0 Å². The molecule has 2 rings (SSSR count). The molecule has 0 aliphatic rings. The van der Waals surface area contributed by atoms with Crippen LogP contribution >= 0.6 is 0 Å². The highest BCUT2D eigenvalue weighted by molar-refractivity contribution is 5.94. The first-order valence-electron chi connectivity index (χ1n) is 5.65. The zero-order chi connectivity index (χ0) is 13.8. The van der Waals surface area contributed by atoms with Crippen LogP contribution in [0.15, 0.2) is 35.7 Å². The van der Waals surface area contributed by atoms with Crippen LogP contribution in [0.5, 0.6) is 11.6 Å². The van der Waals surface area contributed by atoms with Crippen molar-refractivity contribution in [1.82, 2.24) is 9.97 Å². The van der Waals surface area contributed by atoms with Gasteiger partial charge in [0.15, 0.2) is 5.84 Å². The van der Waals surface area contributed by atoms with Crippen molar-refractivity contribution < 1.29 is 9.94 Å². The Bertz CT molecular complexity index is 626. The summed E-state index contributed by atoms with van der Waals surface area (Å²) in [7, 11) is 0. The molecule has 98 valence electrons. The third-order valence-corrected chi connectivity index (χ3v) is 2.68. The van der Waals surface area contributed by atoms with E-state index in [1.165, 1.54) is 18.0 Å². The van der Waals surface area contributed by atoms with Gasteiger partial charge in [-0.3, -0.25) is 4.98 Å². The van der Waals surface area contributed by atoms with Crippen LogP contribution in [0.25, 0.3) is 0 Å². The summed E-state index contributed by atoms with van der Waals surface area (Å²) in [5, 5.41) is 11.5. The molecule has 1 aromatic carbocycles. The van der Waals surface area contributed by atoms with Crippen LogP contribution in [-0.4, -0.2) is 21.0 Å². The van der Waals surface area contributed by atoms with Crippen LogP contribution in [0, 0.1) is 13.8 Å². The third kappa shape index (κ3) is 2.98. The highest BCUT2D eigenvalue weighted by atomic mass is 16.5. The molecule has 0 saturated heterocycles. The van der Waals surface area contributed by atoms with Gasteiger partial charge in [0.05, 0.1) is 12.4 Å². The van der Waals surface area contributed by atoms with Gasteiger partial charge in [-0.15, -0.1) is 0 Å². The highest BCUT2D eigenvalue weighted by Crippen LogP contribution is 2.21. The van der Waals surface area contributed by atoms with Crippen LogP contribution < -0.4 is 10.5 Å². The Kier molecular flexibility index (Phi) is 3.61. The van der Waals surface area contributed by atoms with Crippen molar-refractivity contribution in [2.45, 2.75) is 13.8 Å². The minimum absolute atomic E-state index is 0.113. The number of hydrogen-bond acceptors (Lipinski definition) is 5. The van der Waals surface area contributed by atoms with Crippen molar-refractivity contribution >= 4 is 5.84 Å². The molecule has 6 nitrogen and oxygen atoms in total. The number of amidine groups is 1. The molecule has 0 aliphatic heterocycles. The Hall–Kier alpha value is -2.63. The summed E-state index contributed by atoms with van der Waals surface area (Å²) in [6, 6.07) is 5.72. The van der Waals surface area contributed by atoms with Crippen molar-refractivity contribution in [3.8, 4) is 11.6 Å². The van der Waals surface area contributed by atoms with E-state index in [-0.39, 0.29) is 17.4 Å². The summed E-state index contributed by atoms with van der Waals surface area (Å²) in [5.74, 6) is 0.833. The van der Waals surface area contributed by atoms with Crippen molar-refractivity contribution in [2.75, 3.05) is 0 Å². The van der Waals surface area contributed by atoms with E-state index in [9.17, 15) is 0 Å². The summed E-state index contributed by atoms with van der Waals surface area (Å²) < 4.78 is 5.58. The predicted octanol–water partition coefficient (Wildman–Crippen LogP) is 1.98. The van der Waals surface area contributed by atoms with Crippen LogP contribution in [-0.2, 0) is 0 Å². The van der Waals surface area contributed by atoms with Gasteiger partial charge in [-0.2, -0.15) is 0 Å². The van der Waals surface area contributed by atoms with Crippen LogP contribution in [0.2, 0.25) is 0 Å². The summed E-state index contributed by atoms with van der Waals surface area (Å²) in [4.78, 5) is 8.02. The van der Waals surface area contributed by atoms with Gasteiger partial charge in [0.2, 0.25) is 5.88 Å². The second kappa shape index (κ2) is 5.34. The first-order valence-corrected chi connectivity index (χ1v) is 5.65. The Morgan fingerprint density at radius 3 is 2.74 bits per heavy atom. The number of oxime groups is 1. The molecule has 0 saturated carbocycles. The van der Waals surface area contributed by atoms with E-state index < -0.39 is 0 Å². The van der Waals surface area contributed by atoms with Crippen molar-refractivity contribution in [1.29, 1.82) is 0 Å². The molecule has 0 amide bonds. The van der Waals surface area contributed by atoms with Gasteiger partial charge in [0.1, 0.15) is 11.4 Å². The lowest BCUT2D eigenvalue weighted by atomic mass is 10.1. The van der Waals surface area contributed by atoms with E-state index in [0.717, 1.165) is 5.56 Å². The maximum Gasteiger partial charge on any atom is 0.238 e. The van der Waals surface area contributed by atoms with E-state index in [1.54, 1.807) is 0 Å². The number of hydrogen-bond donors (Lipinski definition) is 2. The number of aromatic nitrogens is 2. The Balaban J connectivity index is 2.26.